The standard InChI is InChI=1S/C9H12O5/c10-5-1-8(13)3-6(11)7(12)4-9(8,14)2-5/h3-5,10-14H,1-2H2. The largest absolute Gasteiger partial charge is 0.504 e. The fourth-order valence-electron chi connectivity index (χ4n) is 2.11. The van der Waals surface area contributed by atoms with Crippen LogP contribution in [0.25, 0.3) is 0 Å². The Morgan fingerprint density at radius 2 is 1.36 bits per heavy atom. The highest BCUT2D eigenvalue weighted by atomic mass is 16.4. The van der Waals surface area contributed by atoms with Crippen molar-refractivity contribution < 1.29 is 25.5 Å². The van der Waals surface area contributed by atoms with E-state index in [4.69, 9.17) is 0 Å². The molecule has 2 aliphatic rings. The summed E-state index contributed by atoms with van der Waals surface area (Å²) in [5.74, 6) is -0.961. The highest BCUT2D eigenvalue weighted by Crippen LogP contribution is 2.45. The van der Waals surface area contributed by atoms with Crippen LogP contribution >= 0.6 is 0 Å². The van der Waals surface area contributed by atoms with Crippen LogP contribution in [0.5, 0.6) is 0 Å². The molecule has 5 heteroatoms. The molecule has 0 bridgehead atoms. The van der Waals surface area contributed by atoms with Gasteiger partial charge in [0.25, 0.3) is 0 Å². The van der Waals surface area contributed by atoms with Gasteiger partial charge in [0, 0.05) is 12.8 Å². The van der Waals surface area contributed by atoms with Crippen LogP contribution in [0, 0.1) is 0 Å². The van der Waals surface area contributed by atoms with E-state index in [1.165, 1.54) is 0 Å². The second kappa shape index (κ2) is 2.50. The monoisotopic (exact) mass is 200 g/mol. The third-order valence-corrected chi connectivity index (χ3v) is 2.86. The molecular formula is C9H12O5. The van der Waals surface area contributed by atoms with Crippen LogP contribution < -0.4 is 0 Å². The maximum Gasteiger partial charge on any atom is 0.156 e. The van der Waals surface area contributed by atoms with Crippen molar-refractivity contribution in [1.29, 1.82) is 0 Å². The summed E-state index contributed by atoms with van der Waals surface area (Å²) in [6.07, 6.45) is 0.974. The van der Waals surface area contributed by atoms with Crippen LogP contribution in [0.3, 0.4) is 0 Å². The molecule has 2 rings (SSSR count). The maximum atomic E-state index is 9.93. The van der Waals surface area contributed by atoms with Gasteiger partial charge in [0.15, 0.2) is 11.5 Å². The molecule has 14 heavy (non-hydrogen) atoms. The lowest BCUT2D eigenvalue weighted by atomic mass is 9.81. The SMILES string of the molecule is OC1=CC2(O)CC(O)CC2(O)C=C1O. The van der Waals surface area contributed by atoms with Crippen molar-refractivity contribution in [3.63, 3.8) is 0 Å². The number of fused-ring (bicyclic) bond motifs is 1. The number of hydrogen-bond donors (Lipinski definition) is 5. The molecule has 1 fully saturated rings. The molecule has 0 amide bonds. The predicted octanol–water partition coefficient (Wildman–Crippen LogP) is -0.499. The summed E-state index contributed by atoms with van der Waals surface area (Å²) in [6, 6.07) is 0. The van der Waals surface area contributed by atoms with Crippen molar-refractivity contribution in [2.45, 2.75) is 30.1 Å². The number of hydrogen-bond acceptors (Lipinski definition) is 5. The summed E-state index contributed by atoms with van der Waals surface area (Å²) in [7, 11) is 0. The van der Waals surface area contributed by atoms with Crippen molar-refractivity contribution in [2.75, 3.05) is 0 Å². The molecule has 2 aliphatic carbocycles. The van der Waals surface area contributed by atoms with Gasteiger partial charge >= 0.3 is 0 Å². The molecule has 78 valence electrons. The van der Waals surface area contributed by atoms with Crippen LogP contribution in [0.2, 0.25) is 0 Å². The average Bonchev–Trinajstić information content (AvgIpc) is 2.20. The smallest absolute Gasteiger partial charge is 0.156 e. The average molecular weight is 200 g/mol. The van der Waals surface area contributed by atoms with Gasteiger partial charge in [0.05, 0.1) is 6.10 Å². The Morgan fingerprint density at radius 1 is 1.00 bits per heavy atom. The Hall–Kier alpha value is -1.04. The summed E-state index contributed by atoms with van der Waals surface area (Å²) in [5, 5.41) is 47.5. The van der Waals surface area contributed by atoms with Gasteiger partial charge in [-0.25, -0.2) is 0 Å². The van der Waals surface area contributed by atoms with E-state index in [0.717, 1.165) is 12.2 Å². The van der Waals surface area contributed by atoms with Gasteiger partial charge in [0.1, 0.15) is 11.2 Å². The normalized spacial score (nSPS) is 46.9. The van der Waals surface area contributed by atoms with Gasteiger partial charge in [-0.1, -0.05) is 0 Å². The van der Waals surface area contributed by atoms with E-state index in [2.05, 4.69) is 0 Å². The van der Waals surface area contributed by atoms with Crippen LogP contribution in [0.1, 0.15) is 12.8 Å². The highest BCUT2D eigenvalue weighted by molar-refractivity contribution is 5.38. The molecule has 5 nitrogen and oxygen atoms in total. The molecule has 1 saturated carbocycles. The van der Waals surface area contributed by atoms with Gasteiger partial charge < -0.3 is 25.5 Å². The molecule has 0 aromatic carbocycles. The van der Waals surface area contributed by atoms with E-state index in [9.17, 15) is 25.5 Å². The Morgan fingerprint density at radius 3 is 1.71 bits per heavy atom. The van der Waals surface area contributed by atoms with Gasteiger partial charge in [-0.3, -0.25) is 0 Å². The van der Waals surface area contributed by atoms with Crippen molar-refractivity contribution in [1.82, 2.24) is 0 Å². The van der Waals surface area contributed by atoms with Gasteiger partial charge in [-0.05, 0) is 12.2 Å². The van der Waals surface area contributed by atoms with Crippen LogP contribution in [0.15, 0.2) is 23.7 Å². The van der Waals surface area contributed by atoms with Crippen molar-refractivity contribution in [3.8, 4) is 0 Å². The zero-order chi connectivity index (χ0) is 10.6. The minimum atomic E-state index is -1.69. The highest BCUT2D eigenvalue weighted by Gasteiger charge is 2.56. The molecular weight excluding hydrogens is 188 g/mol. The van der Waals surface area contributed by atoms with E-state index in [0.29, 0.717) is 0 Å². The molecule has 0 spiro atoms. The second-order valence-electron chi connectivity index (χ2n) is 3.97. The minimum Gasteiger partial charge on any atom is -0.504 e. The summed E-state index contributed by atoms with van der Waals surface area (Å²) in [4.78, 5) is 0. The van der Waals surface area contributed by atoms with Crippen LogP contribution in [-0.2, 0) is 0 Å². The van der Waals surface area contributed by atoms with Crippen molar-refractivity contribution in [2.24, 2.45) is 0 Å². The number of aliphatic hydroxyl groups is 5. The minimum absolute atomic E-state index is 0.0582. The van der Waals surface area contributed by atoms with E-state index in [1.54, 1.807) is 0 Å². The summed E-state index contributed by atoms with van der Waals surface area (Å²) >= 11 is 0. The number of rotatable bonds is 0. The van der Waals surface area contributed by atoms with E-state index in [-0.39, 0.29) is 12.8 Å². The molecule has 0 aliphatic heterocycles. The zero-order valence-corrected chi connectivity index (χ0v) is 7.38. The Labute approximate surface area is 80.2 Å². The lowest BCUT2D eigenvalue weighted by Gasteiger charge is -2.35. The summed E-state index contributed by atoms with van der Waals surface area (Å²) < 4.78 is 0. The van der Waals surface area contributed by atoms with Crippen molar-refractivity contribution in [3.05, 3.63) is 23.7 Å². The Bertz CT molecular complexity index is 302. The van der Waals surface area contributed by atoms with Crippen molar-refractivity contribution >= 4 is 0 Å². The molecule has 0 aromatic rings. The maximum absolute atomic E-state index is 9.93. The number of aliphatic hydroxyl groups excluding tert-OH is 3. The summed E-state index contributed by atoms with van der Waals surface area (Å²) in [6.45, 7) is 0. The first-order chi connectivity index (χ1) is 6.36. The first-order valence-electron chi connectivity index (χ1n) is 4.33. The first-order valence-corrected chi connectivity index (χ1v) is 4.33. The molecule has 0 radical (unpaired) electrons. The van der Waals surface area contributed by atoms with Crippen LogP contribution in [0.4, 0.5) is 0 Å². The van der Waals surface area contributed by atoms with Gasteiger partial charge in [-0.15, -0.1) is 0 Å². The lowest BCUT2D eigenvalue weighted by molar-refractivity contribution is -0.0750. The third kappa shape index (κ3) is 1.06. The molecule has 0 aromatic heterocycles. The molecule has 0 heterocycles. The predicted molar refractivity (Wildman–Crippen MR) is 46.6 cm³/mol. The zero-order valence-electron chi connectivity index (χ0n) is 7.38. The first kappa shape index (κ1) is 9.51. The molecule has 2 atom stereocenters. The van der Waals surface area contributed by atoms with Crippen LogP contribution in [-0.4, -0.2) is 42.8 Å². The molecule has 5 N–H and O–H groups in total. The summed E-state index contributed by atoms with van der Waals surface area (Å²) in [5.41, 5.74) is -3.38. The van der Waals surface area contributed by atoms with E-state index < -0.39 is 28.8 Å². The topological polar surface area (TPSA) is 101 Å². The Kier molecular flexibility index (Phi) is 1.70. The quantitative estimate of drug-likeness (QED) is 0.363. The van der Waals surface area contributed by atoms with E-state index in [1.807, 2.05) is 0 Å². The van der Waals surface area contributed by atoms with E-state index >= 15 is 0 Å². The lowest BCUT2D eigenvalue weighted by Crippen LogP contribution is -2.49. The molecule has 0 saturated heterocycles. The third-order valence-electron chi connectivity index (χ3n) is 2.86. The Balaban J connectivity index is 2.48. The second-order valence-corrected chi connectivity index (χ2v) is 3.97. The fraction of sp³-hybridized carbons (Fsp3) is 0.556. The fourth-order valence-corrected chi connectivity index (χ4v) is 2.11. The molecule has 2 unspecified atom stereocenters. The van der Waals surface area contributed by atoms with Gasteiger partial charge in [-0.2, -0.15) is 0 Å². The van der Waals surface area contributed by atoms with Gasteiger partial charge in [0.2, 0.25) is 0 Å².